The molecule has 1 atom stereocenters. The van der Waals surface area contributed by atoms with E-state index in [4.69, 9.17) is 0 Å². The zero-order valence-electron chi connectivity index (χ0n) is 10.0. The maximum atomic E-state index is 13.5. The van der Waals surface area contributed by atoms with Crippen molar-refractivity contribution < 1.29 is 22.7 Å². The summed E-state index contributed by atoms with van der Waals surface area (Å²) in [7, 11) is 0. The first-order valence-electron chi connectivity index (χ1n) is 5.65. The van der Waals surface area contributed by atoms with Gasteiger partial charge in [0.1, 0.15) is 5.82 Å². The minimum atomic E-state index is -1.64. The van der Waals surface area contributed by atoms with Crippen LogP contribution in [-0.4, -0.2) is 5.11 Å². The van der Waals surface area contributed by atoms with Crippen LogP contribution in [-0.2, 0) is 6.42 Å². The monoisotopic (exact) mass is 348 g/mol. The summed E-state index contributed by atoms with van der Waals surface area (Å²) in [6.07, 6.45) is -1.53. The van der Waals surface area contributed by atoms with Crippen molar-refractivity contribution in [3.8, 4) is 0 Å². The Balaban J connectivity index is 2.28. The van der Waals surface area contributed by atoms with E-state index in [0.717, 1.165) is 12.1 Å². The molecule has 0 aliphatic rings. The summed E-state index contributed by atoms with van der Waals surface area (Å²) < 4.78 is 53.1. The Labute approximate surface area is 121 Å². The predicted octanol–water partition coefficient (Wildman–Crippen LogP) is 4.28. The van der Waals surface area contributed by atoms with Crippen LogP contribution in [0, 0.1) is 23.3 Å². The molecule has 0 bridgehead atoms. The molecule has 0 amide bonds. The largest absolute Gasteiger partial charge is 0.388 e. The molecule has 2 aromatic carbocycles. The third-order valence-electron chi connectivity index (χ3n) is 2.78. The molecule has 0 aliphatic carbocycles. The second-order valence-corrected chi connectivity index (χ2v) is 5.18. The van der Waals surface area contributed by atoms with Crippen molar-refractivity contribution in [3.63, 3.8) is 0 Å². The number of aliphatic hydroxyl groups is 1. The fourth-order valence-corrected chi connectivity index (χ4v) is 2.37. The van der Waals surface area contributed by atoms with Gasteiger partial charge in [0.2, 0.25) is 0 Å². The van der Waals surface area contributed by atoms with Crippen LogP contribution < -0.4 is 0 Å². The fourth-order valence-electron chi connectivity index (χ4n) is 1.86. The van der Waals surface area contributed by atoms with E-state index in [1.165, 1.54) is 12.1 Å². The summed E-state index contributed by atoms with van der Waals surface area (Å²) in [6, 6.07) is 5.65. The SMILES string of the molecule is OC(Cc1cc(F)cc(Br)c1)c1ccc(F)c(F)c1F. The van der Waals surface area contributed by atoms with E-state index in [1.807, 2.05) is 0 Å². The third-order valence-corrected chi connectivity index (χ3v) is 3.23. The van der Waals surface area contributed by atoms with Gasteiger partial charge < -0.3 is 5.11 Å². The van der Waals surface area contributed by atoms with Crippen molar-refractivity contribution in [1.29, 1.82) is 0 Å². The summed E-state index contributed by atoms with van der Waals surface area (Å²) in [5.41, 5.74) is 0.0257. The topological polar surface area (TPSA) is 20.2 Å². The molecule has 1 N–H and O–H groups in total. The Morgan fingerprint density at radius 2 is 1.70 bits per heavy atom. The standard InChI is InChI=1S/C14H9BrF4O/c15-8-3-7(4-9(16)6-8)5-12(20)10-1-2-11(17)14(19)13(10)18/h1-4,6,12,20H,5H2. The van der Waals surface area contributed by atoms with Gasteiger partial charge in [-0.05, 0) is 29.8 Å². The van der Waals surface area contributed by atoms with Crippen LogP contribution >= 0.6 is 15.9 Å². The van der Waals surface area contributed by atoms with E-state index >= 15 is 0 Å². The Kier molecular flexibility index (Phi) is 4.45. The van der Waals surface area contributed by atoms with Crippen LogP contribution in [0.25, 0.3) is 0 Å². The van der Waals surface area contributed by atoms with Gasteiger partial charge in [0.05, 0.1) is 6.10 Å². The van der Waals surface area contributed by atoms with E-state index in [-0.39, 0.29) is 12.0 Å². The molecule has 1 nitrogen and oxygen atoms in total. The molecule has 0 radical (unpaired) electrons. The fraction of sp³-hybridized carbons (Fsp3) is 0.143. The van der Waals surface area contributed by atoms with Gasteiger partial charge in [-0.1, -0.05) is 22.0 Å². The van der Waals surface area contributed by atoms with Gasteiger partial charge in [-0.3, -0.25) is 0 Å². The van der Waals surface area contributed by atoms with E-state index in [9.17, 15) is 22.7 Å². The number of hydrogen-bond acceptors (Lipinski definition) is 1. The Morgan fingerprint density at radius 3 is 2.35 bits per heavy atom. The summed E-state index contributed by atoms with van der Waals surface area (Å²) in [5, 5.41) is 9.89. The van der Waals surface area contributed by atoms with E-state index < -0.39 is 29.4 Å². The van der Waals surface area contributed by atoms with Crippen LogP contribution in [0.3, 0.4) is 0 Å². The zero-order chi connectivity index (χ0) is 14.9. The first kappa shape index (κ1) is 15.0. The highest BCUT2D eigenvalue weighted by molar-refractivity contribution is 9.10. The summed E-state index contributed by atoms with van der Waals surface area (Å²) in [4.78, 5) is 0. The molecule has 6 heteroatoms. The molecule has 0 saturated carbocycles. The van der Waals surface area contributed by atoms with Crippen molar-refractivity contribution in [2.75, 3.05) is 0 Å². The van der Waals surface area contributed by atoms with E-state index in [0.29, 0.717) is 10.0 Å². The second kappa shape index (κ2) is 5.93. The van der Waals surface area contributed by atoms with Gasteiger partial charge in [-0.15, -0.1) is 0 Å². The number of benzene rings is 2. The highest BCUT2D eigenvalue weighted by Crippen LogP contribution is 2.25. The van der Waals surface area contributed by atoms with Crippen LogP contribution in [0.2, 0.25) is 0 Å². The van der Waals surface area contributed by atoms with Crippen molar-refractivity contribution in [2.24, 2.45) is 0 Å². The normalized spacial score (nSPS) is 12.5. The quantitative estimate of drug-likeness (QED) is 0.648. The van der Waals surface area contributed by atoms with Gasteiger partial charge in [0.25, 0.3) is 0 Å². The average molecular weight is 349 g/mol. The molecule has 0 saturated heterocycles. The highest BCUT2D eigenvalue weighted by Gasteiger charge is 2.19. The molecule has 0 spiro atoms. The smallest absolute Gasteiger partial charge is 0.194 e. The number of rotatable bonds is 3. The van der Waals surface area contributed by atoms with E-state index in [2.05, 4.69) is 15.9 Å². The molecule has 0 fully saturated rings. The van der Waals surface area contributed by atoms with Gasteiger partial charge in [0.15, 0.2) is 17.5 Å². The minimum Gasteiger partial charge on any atom is -0.388 e. The Bertz CT molecular complexity index is 625. The van der Waals surface area contributed by atoms with Crippen LogP contribution in [0.5, 0.6) is 0 Å². The lowest BCUT2D eigenvalue weighted by Gasteiger charge is -2.13. The van der Waals surface area contributed by atoms with Crippen molar-refractivity contribution in [1.82, 2.24) is 0 Å². The molecular weight excluding hydrogens is 340 g/mol. The van der Waals surface area contributed by atoms with Crippen molar-refractivity contribution in [2.45, 2.75) is 12.5 Å². The lowest BCUT2D eigenvalue weighted by molar-refractivity contribution is 0.171. The molecule has 106 valence electrons. The van der Waals surface area contributed by atoms with Crippen LogP contribution in [0.15, 0.2) is 34.8 Å². The van der Waals surface area contributed by atoms with Crippen molar-refractivity contribution >= 4 is 15.9 Å². The van der Waals surface area contributed by atoms with Gasteiger partial charge in [0, 0.05) is 16.5 Å². The Hall–Kier alpha value is -1.40. The Morgan fingerprint density at radius 1 is 1.00 bits per heavy atom. The lowest BCUT2D eigenvalue weighted by Crippen LogP contribution is -2.07. The molecule has 1 unspecified atom stereocenters. The molecule has 2 aromatic rings. The maximum Gasteiger partial charge on any atom is 0.194 e. The molecule has 20 heavy (non-hydrogen) atoms. The lowest BCUT2D eigenvalue weighted by atomic mass is 10.0. The molecule has 0 aromatic heterocycles. The van der Waals surface area contributed by atoms with Gasteiger partial charge >= 0.3 is 0 Å². The average Bonchev–Trinajstić information content (AvgIpc) is 2.34. The minimum absolute atomic E-state index is 0.127. The van der Waals surface area contributed by atoms with Crippen LogP contribution in [0.4, 0.5) is 17.6 Å². The number of halogens is 5. The highest BCUT2D eigenvalue weighted by atomic mass is 79.9. The zero-order valence-corrected chi connectivity index (χ0v) is 11.6. The predicted molar refractivity (Wildman–Crippen MR) is 69.1 cm³/mol. The molecular formula is C14H9BrF4O. The number of hydrogen-bond donors (Lipinski definition) is 1. The summed E-state index contributed by atoms with van der Waals surface area (Å²) in [6.45, 7) is 0. The molecule has 0 aliphatic heterocycles. The third kappa shape index (κ3) is 3.19. The molecule has 2 rings (SSSR count). The van der Waals surface area contributed by atoms with Gasteiger partial charge in [-0.25, -0.2) is 17.6 Å². The number of aliphatic hydroxyl groups excluding tert-OH is 1. The van der Waals surface area contributed by atoms with Crippen LogP contribution in [0.1, 0.15) is 17.2 Å². The molecule has 0 heterocycles. The van der Waals surface area contributed by atoms with Crippen molar-refractivity contribution in [3.05, 3.63) is 69.2 Å². The second-order valence-electron chi connectivity index (χ2n) is 4.26. The first-order valence-corrected chi connectivity index (χ1v) is 6.44. The van der Waals surface area contributed by atoms with Gasteiger partial charge in [-0.2, -0.15) is 0 Å². The summed E-state index contributed by atoms with van der Waals surface area (Å²) >= 11 is 3.09. The first-order chi connectivity index (χ1) is 9.38. The van der Waals surface area contributed by atoms with E-state index in [1.54, 1.807) is 6.07 Å². The summed E-state index contributed by atoms with van der Waals surface area (Å²) in [5.74, 6) is -4.92. The maximum absolute atomic E-state index is 13.5.